The van der Waals surface area contributed by atoms with Crippen molar-refractivity contribution in [2.45, 2.75) is 32.4 Å². The molecule has 2 atom stereocenters. The van der Waals surface area contributed by atoms with Crippen LogP contribution in [0.1, 0.15) is 35.9 Å². The number of morpholine rings is 1. The molecule has 0 bridgehead atoms. The van der Waals surface area contributed by atoms with Gasteiger partial charge in [-0.15, -0.1) is 11.3 Å². The molecule has 1 aliphatic rings. The average molecular weight is 431 g/mol. The molecule has 0 saturated carbocycles. The van der Waals surface area contributed by atoms with Crippen molar-refractivity contribution in [1.29, 1.82) is 0 Å². The molecule has 2 heterocycles. The largest absolute Gasteiger partial charge is 0.383 e. The van der Waals surface area contributed by atoms with Crippen molar-refractivity contribution in [1.82, 2.24) is 15.5 Å². The van der Waals surface area contributed by atoms with Gasteiger partial charge in [0, 0.05) is 31.1 Å². The van der Waals surface area contributed by atoms with Crippen molar-refractivity contribution in [3.05, 3.63) is 57.8 Å². The second-order valence-corrected chi connectivity index (χ2v) is 8.85. The Labute approximate surface area is 184 Å². The van der Waals surface area contributed by atoms with Gasteiger partial charge < -0.3 is 20.5 Å². The Balaban J connectivity index is 1.72. The van der Waals surface area contributed by atoms with Crippen LogP contribution in [0.25, 0.3) is 0 Å². The summed E-state index contributed by atoms with van der Waals surface area (Å²) in [5, 5.41) is 19.6. The highest BCUT2D eigenvalue weighted by atomic mass is 32.1. The summed E-state index contributed by atoms with van der Waals surface area (Å²) in [5.74, 6) is 0.722. The van der Waals surface area contributed by atoms with E-state index in [0.717, 1.165) is 50.2 Å². The van der Waals surface area contributed by atoms with Gasteiger partial charge in [-0.25, -0.2) is 4.99 Å². The molecular formula is C23H34N4O2S. The van der Waals surface area contributed by atoms with Gasteiger partial charge in [-0.05, 0) is 37.8 Å². The normalized spacial score (nSPS) is 18.6. The minimum Gasteiger partial charge on any atom is -0.383 e. The van der Waals surface area contributed by atoms with E-state index < -0.39 is 5.60 Å². The quantitative estimate of drug-likeness (QED) is 0.444. The topological polar surface area (TPSA) is 69.1 Å². The summed E-state index contributed by atoms with van der Waals surface area (Å²) in [4.78, 5) is 8.07. The number of aryl methyl sites for hydroxylation is 1. The van der Waals surface area contributed by atoms with E-state index in [4.69, 9.17) is 4.74 Å². The van der Waals surface area contributed by atoms with Crippen molar-refractivity contribution in [2.24, 2.45) is 4.99 Å². The van der Waals surface area contributed by atoms with Gasteiger partial charge in [0.1, 0.15) is 5.60 Å². The molecule has 3 rings (SSSR count). The number of hydrogen-bond donors (Lipinski definition) is 3. The highest BCUT2D eigenvalue weighted by molar-refractivity contribution is 7.10. The number of nitrogens with one attached hydrogen (secondary N) is 2. The molecular weight excluding hydrogens is 396 g/mol. The molecule has 0 spiro atoms. The van der Waals surface area contributed by atoms with Crippen molar-refractivity contribution in [3.63, 3.8) is 0 Å². The number of thiophene rings is 1. The predicted octanol–water partition coefficient (Wildman–Crippen LogP) is 2.89. The summed E-state index contributed by atoms with van der Waals surface area (Å²) in [6.07, 6.45) is 0. The van der Waals surface area contributed by atoms with E-state index in [1.807, 2.05) is 24.4 Å². The minimum absolute atomic E-state index is 0.232. The Morgan fingerprint density at radius 3 is 2.73 bits per heavy atom. The number of guanidine groups is 1. The summed E-state index contributed by atoms with van der Waals surface area (Å²) in [7, 11) is 0. The number of nitrogens with zero attached hydrogens (tertiary/aromatic N) is 2. The van der Waals surface area contributed by atoms with Gasteiger partial charge in [0.25, 0.3) is 0 Å². The molecule has 1 saturated heterocycles. The van der Waals surface area contributed by atoms with Gasteiger partial charge in [-0.3, -0.25) is 4.90 Å². The first-order valence-electron chi connectivity index (χ1n) is 10.7. The number of aliphatic imine (C=N–C) groups is 1. The van der Waals surface area contributed by atoms with Crippen LogP contribution >= 0.6 is 11.3 Å². The van der Waals surface area contributed by atoms with E-state index in [-0.39, 0.29) is 6.04 Å². The Morgan fingerprint density at radius 2 is 2.07 bits per heavy atom. The minimum atomic E-state index is -0.976. The van der Waals surface area contributed by atoms with E-state index >= 15 is 0 Å². The second kappa shape index (κ2) is 10.9. The number of aliphatic hydroxyl groups is 1. The first-order valence-corrected chi connectivity index (χ1v) is 11.5. The fourth-order valence-corrected chi connectivity index (χ4v) is 4.43. The van der Waals surface area contributed by atoms with Crippen LogP contribution in [-0.2, 0) is 10.3 Å². The summed E-state index contributed by atoms with van der Waals surface area (Å²) in [6, 6.07) is 12.8. The van der Waals surface area contributed by atoms with Crippen LogP contribution in [0.15, 0.2) is 46.8 Å². The maximum Gasteiger partial charge on any atom is 0.191 e. The van der Waals surface area contributed by atoms with Gasteiger partial charge in [0.2, 0.25) is 0 Å². The lowest BCUT2D eigenvalue weighted by atomic mass is 10.0. The van der Waals surface area contributed by atoms with Crippen LogP contribution in [0.4, 0.5) is 0 Å². The number of hydrogen-bond acceptors (Lipinski definition) is 5. The number of rotatable bonds is 8. The fourth-order valence-electron chi connectivity index (χ4n) is 3.66. The Bertz CT molecular complexity index is 801. The van der Waals surface area contributed by atoms with E-state index in [2.05, 4.69) is 58.6 Å². The van der Waals surface area contributed by atoms with Gasteiger partial charge in [-0.2, -0.15) is 0 Å². The molecule has 164 valence electrons. The molecule has 3 N–H and O–H groups in total. The van der Waals surface area contributed by atoms with Crippen LogP contribution in [0.3, 0.4) is 0 Å². The molecule has 0 amide bonds. The maximum atomic E-state index is 10.8. The predicted molar refractivity (Wildman–Crippen MR) is 124 cm³/mol. The summed E-state index contributed by atoms with van der Waals surface area (Å²) < 4.78 is 5.56. The number of benzene rings is 1. The van der Waals surface area contributed by atoms with Crippen LogP contribution in [0.5, 0.6) is 0 Å². The molecule has 30 heavy (non-hydrogen) atoms. The molecule has 1 aromatic heterocycles. The van der Waals surface area contributed by atoms with Crippen LogP contribution in [0, 0.1) is 6.92 Å². The maximum absolute atomic E-state index is 10.8. The highest BCUT2D eigenvalue weighted by Gasteiger charge is 2.25. The Morgan fingerprint density at radius 1 is 1.27 bits per heavy atom. The standard InChI is InChI=1S/C23H34N4O2S/c1-4-24-22(26-17-23(3,28)21-9-6-14-30-21)25-16-20(27-10-12-29-13-11-27)19-8-5-7-18(2)15-19/h5-9,14-15,20,28H,4,10-13,16-17H2,1-3H3,(H2,24,25,26). The first-order chi connectivity index (χ1) is 14.5. The van der Waals surface area contributed by atoms with Crippen LogP contribution < -0.4 is 10.6 Å². The highest BCUT2D eigenvalue weighted by Crippen LogP contribution is 2.25. The molecule has 1 fully saturated rings. The van der Waals surface area contributed by atoms with E-state index in [1.54, 1.807) is 11.3 Å². The van der Waals surface area contributed by atoms with Crippen molar-refractivity contribution in [2.75, 3.05) is 45.9 Å². The lowest BCUT2D eigenvalue weighted by Gasteiger charge is -2.35. The summed E-state index contributed by atoms with van der Waals surface area (Å²) in [5.41, 5.74) is 1.58. The third kappa shape index (κ3) is 6.28. The fraction of sp³-hybridized carbons (Fsp3) is 0.522. The summed E-state index contributed by atoms with van der Waals surface area (Å²) in [6.45, 7) is 11.2. The molecule has 1 aliphatic heterocycles. The third-order valence-electron chi connectivity index (χ3n) is 5.32. The zero-order valence-electron chi connectivity index (χ0n) is 18.2. The monoisotopic (exact) mass is 430 g/mol. The molecule has 6 nitrogen and oxygen atoms in total. The molecule has 2 unspecified atom stereocenters. The average Bonchev–Trinajstić information content (AvgIpc) is 3.29. The van der Waals surface area contributed by atoms with E-state index in [1.165, 1.54) is 11.1 Å². The zero-order chi connectivity index (χ0) is 21.4. The lowest BCUT2D eigenvalue weighted by Crippen LogP contribution is -2.46. The van der Waals surface area contributed by atoms with Crippen molar-refractivity contribution < 1.29 is 9.84 Å². The number of ether oxygens (including phenoxy) is 1. The molecule has 0 aliphatic carbocycles. The molecule has 7 heteroatoms. The van der Waals surface area contributed by atoms with E-state index in [0.29, 0.717) is 6.54 Å². The van der Waals surface area contributed by atoms with Gasteiger partial charge >= 0.3 is 0 Å². The molecule has 0 radical (unpaired) electrons. The Kier molecular flexibility index (Phi) is 8.27. The Hall–Kier alpha value is -1.93. The zero-order valence-corrected chi connectivity index (χ0v) is 19.0. The molecule has 1 aromatic carbocycles. The second-order valence-electron chi connectivity index (χ2n) is 7.91. The SMILES string of the molecule is CCNC(=NCC(C)(O)c1cccs1)NCC(c1cccc(C)c1)N1CCOCC1. The first kappa shape index (κ1) is 22.7. The van der Waals surface area contributed by atoms with Crippen LogP contribution in [-0.4, -0.2) is 61.9 Å². The smallest absolute Gasteiger partial charge is 0.191 e. The van der Waals surface area contributed by atoms with Crippen LogP contribution in [0.2, 0.25) is 0 Å². The third-order valence-corrected chi connectivity index (χ3v) is 6.44. The van der Waals surface area contributed by atoms with Gasteiger partial charge in [0.05, 0.1) is 25.8 Å². The van der Waals surface area contributed by atoms with Gasteiger partial charge in [0.15, 0.2) is 5.96 Å². The van der Waals surface area contributed by atoms with Crippen molar-refractivity contribution >= 4 is 17.3 Å². The van der Waals surface area contributed by atoms with E-state index in [9.17, 15) is 5.11 Å². The summed E-state index contributed by atoms with van der Waals surface area (Å²) >= 11 is 1.55. The lowest BCUT2D eigenvalue weighted by molar-refractivity contribution is 0.0169. The van der Waals surface area contributed by atoms with Crippen molar-refractivity contribution in [3.8, 4) is 0 Å². The van der Waals surface area contributed by atoms with Gasteiger partial charge in [-0.1, -0.05) is 35.9 Å². The molecule has 2 aromatic rings.